The van der Waals surface area contributed by atoms with Gasteiger partial charge in [0.2, 0.25) is 5.91 Å². The third kappa shape index (κ3) is 6.33. The van der Waals surface area contributed by atoms with Crippen LogP contribution in [0.25, 0.3) is 16.9 Å². The molecule has 7 nitrogen and oxygen atoms in total. The number of carbonyl (C=O) groups is 1. The van der Waals surface area contributed by atoms with Gasteiger partial charge in [0.05, 0.1) is 28.8 Å². The molecular weight excluding hydrogens is 561 g/mol. The lowest BCUT2D eigenvalue weighted by atomic mass is 9.75. The summed E-state index contributed by atoms with van der Waals surface area (Å²) >= 11 is 1.59. The molecule has 1 aromatic heterocycles. The minimum absolute atomic E-state index is 0.278. The number of nitrogens with two attached hydrogens (primary N) is 2. The van der Waals surface area contributed by atoms with Crippen molar-refractivity contribution in [1.82, 2.24) is 9.78 Å². The van der Waals surface area contributed by atoms with Crippen molar-refractivity contribution in [2.45, 2.75) is 61.7 Å². The number of anilines is 3. The van der Waals surface area contributed by atoms with Crippen molar-refractivity contribution in [3.05, 3.63) is 78.5 Å². The first-order chi connectivity index (χ1) is 19.6. The zero-order valence-electron chi connectivity index (χ0n) is 23.7. The van der Waals surface area contributed by atoms with Crippen molar-refractivity contribution >= 4 is 34.7 Å². The van der Waals surface area contributed by atoms with Crippen molar-refractivity contribution in [3.8, 4) is 16.9 Å². The molecule has 5 rings (SSSR count). The Kier molecular flexibility index (Phi) is 7.63. The molecule has 0 bridgehead atoms. The fourth-order valence-electron chi connectivity index (χ4n) is 5.27. The second-order valence-electron chi connectivity index (χ2n) is 11.9. The monoisotopic (exact) mass is 594 g/mol. The molecule has 42 heavy (non-hydrogen) atoms. The molecule has 2 heterocycles. The SMILES string of the molecule is CC(C)(N)CC(C)(C)[C@@H](N)C(=O)Nc1ccc(-n2nc(C(F)(F)F)cc2-c2ccc3c(c2)Nc2ccccc2S3)cc1. The van der Waals surface area contributed by atoms with E-state index in [1.165, 1.54) is 4.68 Å². The number of carbonyl (C=O) groups excluding carboxylic acids is 1. The maximum Gasteiger partial charge on any atom is 0.435 e. The summed E-state index contributed by atoms with van der Waals surface area (Å²) in [6, 6.07) is 20.0. The van der Waals surface area contributed by atoms with Gasteiger partial charge in [0, 0.05) is 26.6 Å². The van der Waals surface area contributed by atoms with E-state index in [1.54, 1.807) is 42.1 Å². The second-order valence-corrected chi connectivity index (χ2v) is 13.0. The molecule has 0 saturated carbocycles. The van der Waals surface area contributed by atoms with Crippen molar-refractivity contribution in [3.63, 3.8) is 0 Å². The van der Waals surface area contributed by atoms with Crippen LogP contribution in [-0.2, 0) is 11.0 Å². The summed E-state index contributed by atoms with van der Waals surface area (Å²) in [7, 11) is 0. The first-order valence-corrected chi connectivity index (χ1v) is 14.2. The highest BCUT2D eigenvalue weighted by molar-refractivity contribution is 7.99. The molecule has 1 aliphatic rings. The largest absolute Gasteiger partial charge is 0.435 e. The molecule has 220 valence electrons. The zero-order chi connectivity index (χ0) is 30.4. The van der Waals surface area contributed by atoms with Crippen LogP contribution in [-0.4, -0.2) is 27.3 Å². The highest BCUT2D eigenvalue weighted by atomic mass is 32.2. The van der Waals surface area contributed by atoms with E-state index in [4.69, 9.17) is 11.5 Å². The van der Waals surface area contributed by atoms with Crippen LogP contribution in [0.1, 0.15) is 39.8 Å². The predicted octanol–water partition coefficient (Wildman–Crippen LogP) is 7.19. The Morgan fingerprint density at radius 2 is 1.64 bits per heavy atom. The van der Waals surface area contributed by atoms with Crippen LogP contribution in [0.2, 0.25) is 0 Å². The lowest BCUT2D eigenvalue weighted by Gasteiger charge is -2.36. The number of nitrogens with one attached hydrogen (secondary N) is 2. The quantitative estimate of drug-likeness (QED) is 0.159. The van der Waals surface area contributed by atoms with Crippen LogP contribution in [0.3, 0.4) is 0 Å². The summed E-state index contributed by atoms with van der Waals surface area (Å²) in [6.45, 7) is 7.54. The number of aromatic nitrogens is 2. The molecule has 0 unspecified atom stereocenters. The standard InChI is InChI=1S/C31H33F3N6OS/c1-29(2,17-30(3,4)36)27(35)28(41)37-19-10-12-20(13-11-19)40-23(16-26(39-40)31(32,33)34)18-9-14-25-22(15-18)38-21-7-5-6-8-24(21)42-25/h5-16,27,38H,17,35-36H2,1-4H3,(H,37,41)/t27-/m0/s1. The molecule has 4 aromatic rings. The Morgan fingerprint density at radius 3 is 2.31 bits per heavy atom. The van der Waals surface area contributed by atoms with Gasteiger partial charge in [-0.15, -0.1) is 0 Å². The average Bonchev–Trinajstić information content (AvgIpc) is 3.36. The molecule has 1 amide bonds. The first kappa shape index (κ1) is 29.7. The highest BCUT2D eigenvalue weighted by Crippen LogP contribution is 2.45. The summed E-state index contributed by atoms with van der Waals surface area (Å²) in [5.74, 6) is -0.378. The normalized spacial score (nSPS) is 14.0. The first-order valence-electron chi connectivity index (χ1n) is 13.4. The molecule has 3 aromatic carbocycles. The van der Waals surface area contributed by atoms with Crippen LogP contribution in [0, 0.1) is 5.41 Å². The van der Waals surface area contributed by atoms with Gasteiger partial charge in [-0.05, 0) is 80.3 Å². The number of amides is 1. The molecule has 0 aliphatic carbocycles. The molecule has 0 radical (unpaired) electrons. The molecule has 6 N–H and O–H groups in total. The number of rotatable bonds is 7. The Labute approximate surface area is 246 Å². The third-order valence-electron chi connectivity index (χ3n) is 7.07. The van der Waals surface area contributed by atoms with Gasteiger partial charge in [-0.1, -0.05) is 43.8 Å². The smallest absolute Gasteiger partial charge is 0.354 e. The zero-order valence-corrected chi connectivity index (χ0v) is 24.5. The van der Waals surface area contributed by atoms with Crippen molar-refractivity contribution < 1.29 is 18.0 Å². The highest BCUT2D eigenvalue weighted by Gasteiger charge is 2.37. The molecule has 1 aliphatic heterocycles. The van der Waals surface area contributed by atoms with Crippen molar-refractivity contribution in [1.29, 1.82) is 0 Å². The second kappa shape index (κ2) is 10.8. The van der Waals surface area contributed by atoms with Gasteiger partial charge in [0.1, 0.15) is 0 Å². The minimum atomic E-state index is -4.63. The van der Waals surface area contributed by atoms with E-state index < -0.39 is 28.9 Å². The fraction of sp³-hybridized carbons (Fsp3) is 0.290. The summed E-state index contributed by atoms with van der Waals surface area (Å²) in [5.41, 5.74) is 13.8. The lowest BCUT2D eigenvalue weighted by Crippen LogP contribution is -2.51. The lowest BCUT2D eigenvalue weighted by molar-refractivity contribution is -0.141. The van der Waals surface area contributed by atoms with Crippen LogP contribution in [0.5, 0.6) is 0 Å². The number of halogens is 3. The molecule has 0 saturated heterocycles. The fourth-order valence-corrected chi connectivity index (χ4v) is 6.23. The van der Waals surface area contributed by atoms with E-state index >= 15 is 0 Å². The predicted molar refractivity (Wildman–Crippen MR) is 161 cm³/mol. The molecule has 0 spiro atoms. The maximum absolute atomic E-state index is 13.8. The Hall–Kier alpha value is -3.80. The van der Waals surface area contributed by atoms with E-state index in [0.717, 1.165) is 27.2 Å². The number of fused-ring (bicyclic) bond motifs is 2. The summed E-state index contributed by atoms with van der Waals surface area (Å²) in [4.78, 5) is 15.0. The van der Waals surface area contributed by atoms with Crippen LogP contribution in [0.4, 0.5) is 30.2 Å². The molecular formula is C31H33F3N6OS. The number of alkyl halides is 3. The Balaban J connectivity index is 1.42. The molecule has 11 heteroatoms. The minimum Gasteiger partial charge on any atom is -0.354 e. The third-order valence-corrected chi connectivity index (χ3v) is 8.22. The van der Waals surface area contributed by atoms with Crippen LogP contribution in [0.15, 0.2) is 82.6 Å². The van der Waals surface area contributed by atoms with Gasteiger partial charge < -0.3 is 22.1 Å². The van der Waals surface area contributed by atoms with Crippen molar-refractivity contribution in [2.75, 3.05) is 10.6 Å². The summed E-state index contributed by atoms with van der Waals surface area (Å²) in [6.07, 6.45) is -4.10. The topological polar surface area (TPSA) is 111 Å². The molecule has 0 fully saturated rings. The Morgan fingerprint density at radius 1 is 0.976 bits per heavy atom. The van der Waals surface area contributed by atoms with Gasteiger partial charge in [-0.25, -0.2) is 4.68 Å². The van der Waals surface area contributed by atoms with E-state index in [9.17, 15) is 18.0 Å². The summed E-state index contributed by atoms with van der Waals surface area (Å²) in [5, 5.41) is 10.1. The maximum atomic E-state index is 13.8. The Bertz CT molecular complexity index is 1620. The van der Waals surface area contributed by atoms with Gasteiger partial charge in [0.25, 0.3) is 0 Å². The van der Waals surface area contributed by atoms with Crippen LogP contribution >= 0.6 is 11.8 Å². The number of hydrogen-bond acceptors (Lipinski definition) is 6. The van der Waals surface area contributed by atoms with Crippen LogP contribution < -0.4 is 22.1 Å². The number of benzene rings is 3. The number of hydrogen-bond donors (Lipinski definition) is 4. The van der Waals surface area contributed by atoms with Crippen molar-refractivity contribution in [2.24, 2.45) is 16.9 Å². The van der Waals surface area contributed by atoms with E-state index in [2.05, 4.69) is 15.7 Å². The van der Waals surface area contributed by atoms with E-state index in [-0.39, 0.29) is 11.6 Å². The van der Waals surface area contributed by atoms with E-state index in [1.807, 2.05) is 64.1 Å². The molecule has 1 atom stereocenters. The van der Waals surface area contributed by atoms with Gasteiger partial charge in [-0.3, -0.25) is 4.79 Å². The number of nitrogens with zero attached hydrogens (tertiary/aromatic N) is 2. The average molecular weight is 595 g/mol. The summed E-state index contributed by atoms with van der Waals surface area (Å²) < 4.78 is 42.6. The van der Waals surface area contributed by atoms with Gasteiger partial charge in [0.15, 0.2) is 5.69 Å². The van der Waals surface area contributed by atoms with Gasteiger partial charge in [-0.2, -0.15) is 18.3 Å². The van der Waals surface area contributed by atoms with Gasteiger partial charge >= 0.3 is 6.18 Å². The number of para-hydroxylation sites is 1. The van der Waals surface area contributed by atoms with E-state index in [0.29, 0.717) is 23.4 Å².